The van der Waals surface area contributed by atoms with Gasteiger partial charge in [-0.15, -0.1) is 0 Å². The quantitative estimate of drug-likeness (QED) is 0.641. The van der Waals surface area contributed by atoms with E-state index in [0.717, 1.165) is 12.8 Å². The van der Waals surface area contributed by atoms with Crippen molar-refractivity contribution in [3.8, 4) is 5.88 Å². The van der Waals surface area contributed by atoms with Gasteiger partial charge in [-0.05, 0) is 31.1 Å². The SMILES string of the molecule is CNC(=O)[C@H](CC(C)C)NC(=O)c1cnc(N2CC(F)(F)C2)c(OCC2CC2)n1. The van der Waals surface area contributed by atoms with Crippen LogP contribution in [0.5, 0.6) is 5.88 Å². The Morgan fingerprint density at radius 2 is 2.03 bits per heavy atom. The summed E-state index contributed by atoms with van der Waals surface area (Å²) in [7, 11) is 1.50. The summed E-state index contributed by atoms with van der Waals surface area (Å²) in [6, 6.07) is -0.709. The number of nitrogens with zero attached hydrogens (tertiary/aromatic N) is 3. The van der Waals surface area contributed by atoms with Gasteiger partial charge in [-0.3, -0.25) is 9.59 Å². The molecule has 2 N–H and O–H groups in total. The zero-order valence-electron chi connectivity index (χ0n) is 16.9. The van der Waals surface area contributed by atoms with Gasteiger partial charge in [0, 0.05) is 7.05 Å². The fourth-order valence-corrected chi connectivity index (χ4v) is 3.04. The Morgan fingerprint density at radius 3 is 2.59 bits per heavy atom. The van der Waals surface area contributed by atoms with Gasteiger partial charge in [-0.25, -0.2) is 18.7 Å². The molecule has 0 aromatic carbocycles. The Kier molecular flexibility index (Phi) is 6.18. The van der Waals surface area contributed by atoms with Crippen LogP contribution in [0, 0.1) is 11.8 Å². The number of alkyl halides is 2. The first-order valence-electron chi connectivity index (χ1n) is 9.83. The molecular formula is C19H27F2N5O3. The highest BCUT2D eigenvalue weighted by Gasteiger charge is 2.46. The van der Waals surface area contributed by atoms with E-state index in [9.17, 15) is 18.4 Å². The Hall–Kier alpha value is -2.52. The number of carbonyl (C=O) groups excluding carboxylic acids is 2. The minimum atomic E-state index is -2.76. The van der Waals surface area contributed by atoms with E-state index in [1.165, 1.54) is 18.1 Å². The first-order chi connectivity index (χ1) is 13.7. The van der Waals surface area contributed by atoms with Crippen molar-refractivity contribution in [2.45, 2.75) is 45.1 Å². The maximum atomic E-state index is 13.3. The summed E-state index contributed by atoms with van der Waals surface area (Å²) < 4.78 is 32.2. The molecule has 1 saturated carbocycles. The smallest absolute Gasteiger partial charge is 0.282 e. The lowest BCUT2D eigenvalue weighted by atomic mass is 10.0. The Balaban J connectivity index is 1.76. The number of nitrogens with one attached hydrogen (secondary N) is 2. The van der Waals surface area contributed by atoms with Gasteiger partial charge in [-0.2, -0.15) is 0 Å². The van der Waals surface area contributed by atoms with Crippen LogP contribution in [0.15, 0.2) is 6.20 Å². The normalized spacial score (nSPS) is 18.8. The molecule has 1 aliphatic carbocycles. The molecule has 2 heterocycles. The van der Waals surface area contributed by atoms with Crippen molar-refractivity contribution in [2.75, 3.05) is 31.6 Å². The number of hydrogen-bond donors (Lipinski definition) is 2. The summed E-state index contributed by atoms with van der Waals surface area (Å²) in [6.45, 7) is 3.39. The van der Waals surface area contributed by atoms with Crippen molar-refractivity contribution in [1.29, 1.82) is 0 Å². The average molecular weight is 411 g/mol. The number of likely N-dealkylation sites (N-methyl/N-ethyl adjacent to an activating group) is 1. The zero-order chi connectivity index (χ0) is 21.2. The minimum absolute atomic E-state index is 0.0236. The standard InChI is InChI=1S/C19H27F2N5O3/c1-11(2)6-13(16(27)22-3)24-17(28)14-7-23-15(26-9-19(20,21)10-26)18(25-14)29-8-12-4-5-12/h7,11-13H,4-6,8-10H2,1-3H3,(H,22,27)(H,24,28)/t13-/m0/s1. The number of carbonyl (C=O) groups is 2. The van der Waals surface area contributed by atoms with Crippen molar-refractivity contribution >= 4 is 17.6 Å². The molecule has 1 atom stereocenters. The first-order valence-corrected chi connectivity index (χ1v) is 9.83. The number of ether oxygens (including phenoxy) is 1. The second kappa shape index (κ2) is 8.46. The predicted octanol–water partition coefficient (Wildman–Crippen LogP) is 1.61. The molecule has 1 aromatic rings. The molecule has 0 radical (unpaired) electrons. The van der Waals surface area contributed by atoms with Crippen LogP contribution in [0.1, 0.15) is 43.6 Å². The van der Waals surface area contributed by atoms with Crippen molar-refractivity contribution < 1.29 is 23.1 Å². The van der Waals surface area contributed by atoms with E-state index >= 15 is 0 Å². The van der Waals surface area contributed by atoms with Gasteiger partial charge in [-0.1, -0.05) is 13.8 Å². The van der Waals surface area contributed by atoms with E-state index in [1.807, 2.05) is 13.8 Å². The average Bonchev–Trinajstić information content (AvgIpc) is 3.47. The van der Waals surface area contributed by atoms with Crippen LogP contribution in [0.25, 0.3) is 0 Å². The van der Waals surface area contributed by atoms with E-state index in [-0.39, 0.29) is 29.2 Å². The number of halogens is 2. The molecule has 0 unspecified atom stereocenters. The van der Waals surface area contributed by atoms with Crippen molar-refractivity contribution in [2.24, 2.45) is 11.8 Å². The molecule has 3 rings (SSSR count). The molecule has 0 spiro atoms. The lowest BCUT2D eigenvalue weighted by Crippen LogP contribution is -2.56. The molecule has 29 heavy (non-hydrogen) atoms. The summed E-state index contributed by atoms with van der Waals surface area (Å²) in [5.74, 6) is -2.74. The van der Waals surface area contributed by atoms with E-state index in [4.69, 9.17) is 4.74 Å². The molecular weight excluding hydrogens is 384 g/mol. The highest BCUT2D eigenvalue weighted by Crippen LogP contribution is 2.36. The Labute approximate surface area is 168 Å². The molecule has 2 aliphatic rings. The molecule has 2 amide bonds. The van der Waals surface area contributed by atoms with Crippen LogP contribution < -0.4 is 20.3 Å². The number of anilines is 1. The summed E-state index contributed by atoms with van der Waals surface area (Å²) in [4.78, 5) is 34.5. The molecule has 1 aromatic heterocycles. The van der Waals surface area contributed by atoms with E-state index in [0.29, 0.717) is 18.9 Å². The van der Waals surface area contributed by atoms with Crippen molar-refractivity contribution in [3.63, 3.8) is 0 Å². The third-order valence-electron chi connectivity index (χ3n) is 4.83. The zero-order valence-corrected chi connectivity index (χ0v) is 16.9. The molecule has 8 nitrogen and oxygen atoms in total. The fourth-order valence-electron chi connectivity index (χ4n) is 3.04. The first kappa shape index (κ1) is 21.2. The highest BCUT2D eigenvalue weighted by atomic mass is 19.3. The summed E-state index contributed by atoms with van der Waals surface area (Å²) in [5.41, 5.74) is -0.0236. The minimum Gasteiger partial charge on any atom is -0.475 e. The third kappa shape index (κ3) is 5.51. The van der Waals surface area contributed by atoms with Gasteiger partial charge in [0.15, 0.2) is 11.5 Å². The Morgan fingerprint density at radius 1 is 1.34 bits per heavy atom. The topological polar surface area (TPSA) is 96.5 Å². The fraction of sp³-hybridized carbons (Fsp3) is 0.684. The number of amides is 2. The number of hydrogen-bond acceptors (Lipinski definition) is 6. The summed E-state index contributed by atoms with van der Waals surface area (Å²) >= 11 is 0. The lowest BCUT2D eigenvalue weighted by Gasteiger charge is -2.39. The van der Waals surface area contributed by atoms with Gasteiger partial charge in [0.1, 0.15) is 6.04 Å². The molecule has 1 aliphatic heterocycles. The predicted molar refractivity (Wildman–Crippen MR) is 102 cm³/mol. The van der Waals surface area contributed by atoms with Crippen LogP contribution in [-0.2, 0) is 4.79 Å². The molecule has 1 saturated heterocycles. The van der Waals surface area contributed by atoms with Crippen LogP contribution in [0.4, 0.5) is 14.6 Å². The van der Waals surface area contributed by atoms with Crippen LogP contribution >= 0.6 is 0 Å². The Bertz CT molecular complexity index is 762. The van der Waals surface area contributed by atoms with E-state index < -0.39 is 31.0 Å². The maximum absolute atomic E-state index is 13.3. The summed E-state index contributed by atoms with van der Waals surface area (Å²) in [5, 5.41) is 5.20. The maximum Gasteiger partial charge on any atom is 0.282 e. The highest BCUT2D eigenvalue weighted by molar-refractivity contribution is 5.96. The second-order valence-corrected chi connectivity index (χ2v) is 8.12. The van der Waals surface area contributed by atoms with Crippen LogP contribution in [0.2, 0.25) is 0 Å². The molecule has 160 valence electrons. The van der Waals surface area contributed by atoms with E-state index in [1.54, 1.807) is 0 Å². The largest absolute Gasteiger partial charge is 0.475 e. The molecule has 10 heteroatoms. The van der Waals surface area contributed by atoms with E-state index in [2.05, 4.69) is 20.6 Å². The van der Waals surface area contributed by atoms with Crippen molar-refractivity contribution in [1.82, 2.24) is 20.6 Å². The molecule has 2 fully saturated rings. The second-order valence-electron chi connectivity index (χ2n) is 8.12. The number of aromatic nitrogens is 2. The lowest BCUT2D eigenvalue weighted by molar-refractivity contribution is -0.122. The van der Waals surface area contributed by atoms with Gasteiger partial charge >= 0.3 is 0 Å². The van der Waals surface area contributed by atoms with Crippen molar-refractivity contribution in [3.05, 3.63) is 11.9 Å². The monoisotopic (exact) mass is 411 g/mol. The van der Waals surface area contributed by atoms with Gasteiger partial charge < -0.3 is 20.3 Å². The van der Waals surface area contributed by atoms with Gasteiger partial charge in [0.25, 0.3) is 17.7 Å². The van der Waals surface area contributed by atoms with Crippen LogP contribution in [-0.4, -0.2) is 60.5 Å². The third-order valence-corrected chi connectivity index (χ3v) is 4.83. The van der Waals surface area contributed by atoms with Crippen LogP contribution in [0.3, 0.4) is 0 Å². The summed E-state index contributed by atoms with van der Waals surface area (Å²) in [6.07, 6.45) is 3.79. The molecule has 0 bridgehead atoms. The number of rotatable bonds is 9. The van der Waals surface area contributed by atoms with Gasteiger partial charge in [0.05, 0.1) is 25.9 Å². The van der Waals surface area contributed by atoms with Gasteiger partial charge in [0.2, 0.25) is 5.91 Å².